The molecule has 2 aliphatic rings. The average molecular weight is 359 g/mol. The summed E-state index contributed by atoms with van der Waals surface area (Å²) in [5, 5.41) is 19.5. The normalized spacial score (nSPS) is 23.4. The maximum Gasteiger partial charge on any atom is 0.224 e. The number of hydrogen-bond donors (Lipinski definition) is 3. The lowest BCUT2D eigenvalue weighted by Gasteiger charge is -2.27. The molecule has 2 saturated carbocycles. The molecule has 2 fully saturated rings. The molecule has 3 N–H and O–H groups in total. The fourth-order valence-corrected chi connectivity index (χ4v) is 3.95. The second-order valence-corrected chi connectivity index (χ2v) is 8.00. The van der Waals surface area contributed by atoms with E-state index in [4.69, 9.17) is 4.98 Å². The number of hydrogen-bond acceptors (Lipinski definition) is 7. The van der Waals surface area contributed by atoms with E-state index in [2.05, 4.69) is 20.6 Å². The summed E-state index contributed by atoms with van der Waals surface area (Å²) in [7, 11) is 0. The van der Waals surface area contributed by atoms with E-state index in [9.17, 15) is 5.11 Å². The zero-order valence-corrected chi connectivity index (χ0v) is 15.1. The topological polar surface area (TPSA) is 83.0 Å². The zero-order chi connectivity index (χ0) is 17.1. The Balaban J connectivity index is 1.49. The van der Waals surface area contributed by atoms with Gasteiger partial charge in [-0.25, -0.2) is 9.97 Å². The second kappa shape index (κ2) is 7.66. The van der Waals surface area contributed by atoms with E-state index >= 15 is 0 Å². The highest BCUT2D eigenvalue weighted by Gasteiger charge is 2.22. The second-order valence-electron chi connectivity index (χ2n) is 7.10. The van der Waals surface area contributed by atoms with E-state index < -0.39 is 0 Å². The minimum absolute atomic E-state index is 0.151. The molecule has 2 aliphatic carbocycles. The summed E-state index contributed by atoms with van der Waals surface area (Å²) < 4.78 is 0. The van der Waals surface area contributed by atoms with Crippen LogP contribution in [-0.4, -0.2) is 38.7 Å². The molecule has 7 heteroatoms. The monoisotopic (exact) mass is 359 g/mol. The number of nitrogens with zero attached hydrogens (tertiary/aromatic N) is 3. The molecule has 4 rings (SSSR count). The van der Waals surface area contributed by atoms with Gasteiger partial charge in [0.25, 0.3) is 0 Å². The molecule has 2 aromatic rings. The summed E-state index contributed by atoms with van der Waals surface area (Å²) in [5.41, 5.74) is 0.953. The molecule has 25 heavy (non-hydrogen) atoms. The molecule has 134 valence electrons. The lowest BCUT2D eigenvalue weighted by molar-refractivity contribution is 0.126. The first-order chi connectivity index (χ1) is 12.3. The number of thiazole rings is 1. The number of aliphatic hydroxyl groups is 1. The molecule has 0 aliphatic heterocycles. The van der Waals surface area contributed by atoms with Gasteiger partial charge in [0.05, 0.1) is 11.7 Å². The average Bonchev–Trinajstić information content (AvgIpc) is 3.28. The Kier molecular flexibility index (Phi) is 5.12. The van der Waals surface area contributed by atoms with Crippen LogP contribution in [0.25, 0.3) is 10.6 Å². The van der Waals surface area contributed by atoms with Crippen molar-refractivity contribution in [1.82, 2.24) is 15.0 Å². The molecule has 0 saturated heterocycles. The van der Waals surface area contributed by atoms with Crippen molar-refractivity contribution in [3.8, 4) is 10.6 Å². The molecule has 0 unspecified atom stereocenters. The molecule has 0 bridgehead atoms. The number of aliphatic hydroxyl groups excluding tert-OH is 1. The number of aromatic nitrogens is 3. The first kappa shape index (κ1) is 16.7. The van der Waals surface area contributed by atoms with Crippen LogP contribution in [-0.2, 0) is 0 Å². The van der Waals surface area contributed by atoms with Crippen LogP contribution in [0.15, 0.2) is 17.8 Å². The smallest absolute Gasteiger partial charge is 0.224 e. The third-order valence-electron chi connectivity index (χ3n) is 5.02. The minimum Gasteiger partial charge on any atom is -0.393 e. The van der Waals surface area contributed by atoms with Crippen molar-refractivity contribution in [2.75, 3.05) is 17.2 Å². The van der Waals surface area contributed by atoms with Crippen LogP contribution < -0.4 is 10.6 Å². The highest BCUT2D eigenvalue weighted by atomic mass is 32.1. The summed E-state index contributed by atoms with van der Waals surface area (Å²) in [6, 6.07) is 0.344. The maximum atomic E-state index is 9.72. The third kappa shape index (κ3) is 4.46. The van der Waals surface area contributed by atoms with Gasteiger partial charge in [-0.1, -0.05) is 12.8 Å². The first-order valence-electron chi connectivity index (χ1n) is 9.23. The Bertz CT molecular complexity index is 681. The molecule has 0 spiro atoms. The summed E-state index contributed by atoms with van der Waals surface area (Å²) in [6.45, 7) is 0.927. The fourth-order valence-electron chi connectivity index (χ4n) is 3.30. The van der Waals surface area contributed by atoms with E-state index in [1.165, 1.54) is 19.3 Å². The summed E-state index contributed by atoms with van der Waals surface area (Å²) >= 11 is 1.60. The lowest BCUT2D eigenvalue weighted by atomic mass is 9.93. The third-order valence-corrected chi connectivity index (χ3v) is 5.83. The van der Waals surface area contributed by atoms with E-state index in [1.54, 1.807) is 11.3 Å². The maximum absolute atomic E-state index is 9.72. The van der Waals surface area contributed by atoms with Gasteiger partial charge in [-0.15, -0.1) is 11.3 Å². The molecule has 2 heterocycles. The lowest BCUT2D eigenvalue weighted by Crippen LogP contribution is -2.29. The van der Waals surface area contributed by atoms with Gasteiger partial charge in [-0.05, 0) is 38.0 Å². The van der Waals surface area contributed by atoms with Gasteiger partial charge < -0.3 is 15.7 Å². The highest BCUT2D eigenvalue weighted by Crippen LogP contribution is 2.33. The Morgan fingerprint density at radius 2 is 1.96 bits per heavy atom. The van der Waals surface area contributed by atoms with Crippen LogP contribution in [0.5, 0.6) is 0 Å². The molecule has 0 amide bonds. The Morgan fingerprint density at radius 3 is 2.68 bits per heavy atom. The quantitative estimate of drug-likeness (QED) is 0.701. The highest BCUT2D eigenvalue weighted by molar-refractivity contribution is 7.13. The number of nitrogens with one attached hydrogen (secondary N) is 2. The summed E-state index contributed by atoms with van der Waals surface area (Å²) in [4.78, 5) is 13.6. The van der Waals surface area contributed by atoms with Gasteiger partial charge in [0.2, 0.25) is 5.95 Å². The standard InChI is InChI=1S/C18H25N5OS/c24-14-5-3-13(4-6-14)22-16-15(17-19-9-10-25-17)11-21-18(23-16)20-8-7-12-1-2-12/h9-14,24H,1-8H2,(H2,20,21,22,23). The van der Waals surface area contributed by atoms with E-state index in [-0.39, 0.29) is 6.10 Å². The van der Waals surface area contributed by atoms with E-state index in [1.807, 2.05) is 17.8 Å². The van der Waals surface area contributed by atoms with Gasteiger partial charge in [0.1, 0.15) is 10.8 Å². The molecule has 6 nitrogen and oxygen atoms in total. The van der Waals surface area contributed by atoms with Crippen molar-refractivity contribution in [1.29, 1.82) is 0 Å². The van der Waals surface area contributed by atoms with E-state index in [0.717, 1.165) is 54.5 Å². The van der Waals surface area contributed by atoms with E-state index in [0.29, 0.717) is 12.0 Å². The van der Waals surface area contributed by atoms with Gasteiger partial charge in [0.15, 0.2) is 0 Å². The molecular formula is C18H25N5OS. The SMILES string of the molecule is OC1CCC(Nc2nc(NCCC3CC3)ncc2-c2nccs2)CC1. The number of rotatable bonds is 7. The van der Waals surface area contributed by atoms with Crippen molar-refractivity contribution in [2.45, 2.75) is 57.1 Å². The largest absolute Gasteiger partial charge is 0.393 e. The van der Waals surface area contributed by atoms with Gasteiger partial charge >= 0.3 is 0 Å². The van der Waals surface area contributed by atoms with Gasteiger partial charge in [-0.2, -0.15) is 4.98 Å². The molecule has 0 radical (unpaired) electrons. The zero-order valence-electron chi connectivity index (χ0n) is 14.3. The molecule has 0 atom stereocenters. The molecular weight excluding hydrogens is 334 g/mol. The van der Waals surface area contributed by atoms with Crippen LogP contribution in [0.4, 0.5) is 11.8 Å². The van der Waals surface area contributed by atoms with Crippen molar-refractivity contribution >= 4 is 23.1 Å². The summed E-state index contributed by atoms with van der Waals surface area (Å²) in [5.74, 6) is 2.42. The Labute approximate surface area is 152 Å². The molecule has 2 aromatic heterocycles. The van der Waals surface area contributed by atoms with Crippen LogP contribution in [0, 0.1) is 5.92 Å². The minimum atomic E-state index is -0.151. The van der Waals surface area contributed by atoms with Crippen molar-refractivity contribution in [3.05, 3.63) is 17.8 Å². The van der Waals surface area contributed by atoms with Gasteiger partial charge in [0, 0.05) is 30.4 Å². The Hall–Kier alpha value is -1.73. The van der Waals surface area contributed by atoms with Crippen LogP contribution in [0.2, 0.25) is 0 Å². The Morgan fingerprint density at radius 1 is 1.12 bits per heavy atom. The predicted molar refractivity (Wildman–Crippen MR) is 101 cm³/mol. The predicted octanol–water partition coefficient (Wildman–Crippen LogP) is 3.53. The van der Waals surface area contributed by atoms with Crippen molar-refractivity contribution in [2.24, 2.45) is 5.92 Å². The van der Waals surface area contributed by atoms with Gasteiger partial charge in [-0.3, -0.25) is 0 Å². The van der Waals surface area contributed by atoms with Crippen LogP contribution >= 0.6 is 11.3 Å². The van der Waals surface area contributed by atoms with Crippen molar-refractivity contribution < 1.29 is 5.11 Å². The van der Waals surface area contributed by atoms with Crippen LogP contribution in [0.3, 0.4) is 0 Å². The summed E-state index contributed by atoms with van der Waals surface area (Å²) in [6.07, 6.45) is 11.1. The first-order valence-corrected chi connectivity index (χ1v) is 10.1. The van der Waals surface area contributed by atoms with Crippen molar-refractivity contribution in [3.63, 3.8) is 0 Å². The number of anilines is 2. The molecule has 0 aromatic carbocycles. The fraction of sp³-hybridized carbons (Fsp3) is 0.611. The van der Waals surface area contributed by atoms with Crippen LogP contribution in [0.1, 0.15) is 44.9 Å².